The average molecular weight is 168 g/mol. The van der Waals surface area contributed by atoms with Gasteiger partial charge in [0.25, 0.3) is 0 Å². The van der Waals surface area contributed by atoms with E-state index < -0.39 is 16.0 Å². The molecule has 0 amide bonds. The maximum absolute atomic E-state index is 11.7. The van der Waals surface area contributed by atoms with Crippen LogP contribution in [-0.4, -0.2) is 20.0 Å². The van der Waals surface area contributed by atoms with Crippen molar-refractivity contribution in [2.24, 2.45) is 0 Å². The summed E-state index contributed by atoms with van der Waals surface area (Å²) in [6.45, 7) is 1.34. The molecule has 0 atom stereocenters. The molecule has 0 fully saturated rings. The molecule has 5 heteroatoms. The number of carbonyl (C=O) groups excluding carboxylic acids is 1. The van der Waals surface area contributed by atoms with Crippen molar-refractivity contribution in [3.63, 3.8) is 0 Å². The summed E-state index contributed by atoms with van der Waals surface area (Å²) >= 11 is 0. The number of hydrogen-bond acceptors (Lipinski definition) is 3. The van der Waals surface area contributed by atoms with Crippen molar-refractivity contribution in [3.8, 4) is 0 Å². The molecule has 0 aliphatic carbocycles. The number of halogens is 1. The van der Waals surface area contributed by atoms with Gasteiger partial charge in [0.2, 0.25) is 0 Å². The van der Waals surface area contributed by atoms with Crippen LogP contribution in [0, 0.1) is 0 Å². The Bertz CT molecular complexity index is 207. The lowest BCUT2D eigenvalue weighted by Crippen LogP contribution is -2.00. The van der Waals surface area contributed by atoms with Gasteiger partial charge < -0.3 is 4.79 Å². The van der Waals surface area contributed by atoms with Crippen molar-refractivity contribution in [2.45, 2.75) is 19.8 Å². The van der Waals surface area contributed by atoms with E-state index in [9.17, 15) is 17.1 Å². The average Bonchev–Trinajstić information content (AvgIpc) is 1.59. The fourth-order valence-electron chi connectivity index (χ4n) is 0.494. The van der Waals surface area contributed by atoms with E-state index in [-0.39, 0.29) is 18.6 Å². The summed E-state index contributed by atoms with van der Waals surface area (Å²) in [6.07, 6.45) is 0.206. The number of hydrogen-bond donors (Lipinski definition) is 0. The van der Waals surface area contributed by atoms with Crippen LogP contribution < -0.4 is 0 Å². The minimum atomic E-state index is -4.37. The molecule has 0 bridgehead atoms. The van der Waals surface area contributed by atoms with E-state index >= 15 is 0 Å². The van der Waals surface area contributed by atoms with Crippen molar-refractivity contribution in [1.29, 1.82) is 0 Å². The minimum Gasteiger partial charge on any atom is -0.300 e. The van der Waals surface area contributed by atoms with Crippen molar-refractivity contribution in [1.82, 2.24) is 0 Å². The summed E-state index contributed by atoms with van der Waals surface area (Å²) in [5.74, 6) is -0.671. The SMILES string of the molecule is CC(=O)CCCS(=O)(=O)F. The Balaban J connectivity index is 3.49. The third-order valence-corrected chi connectivity index (χ3v) is 1.69. The lowest BCUT2D eigenvalue weighted by atomic mass is 10.3. The maximum Gasteiger partial charge on any atom is 0.302 e. The zero-order valence-corrected chi connectivity index (χ0v) is 6.45. The number of rotatable bonds is 4. The molecular weight excluding hydrogens is 159 g/mol. The van der Waals surface area contributed by atoms with Crippen LogP contribution in [0.2, 0.25) is 0 Å². The fraction of sp³-hybridized carbons (Fsp3) is 0.800. The third kappa shape index (κ3) is 7.55. The van der Waals surface area contributed by atoms with E-state index in [2.05, 4.69) is 0 Å². The van der Waals surface area contributed by atoms with Gasteiger partial charge in [0, 0.05) is 6.42 Å². The van der Waals surface area contributed by atoms with Gasteiger partial charge in [-0.05, 0) is 13.3 Å². The van der Waals surface area contributed by atoms with E-state index in [1.54, 1.807) is 0 Å². The Kier molecular flexibility index (Phi) is 3.49. The normalized spacial score (nSPS) is 11.4. The zero-order valence-electron chi connectivity index (χ0n) is 5.63. The highest BCUT2D eigenvalue weighted by molar-refractivity contribution is 7.86. The van der Waals surface area contributed by atoms with Gasteiger partial charge in [-0.1, -0.05) is 0 Å². The molecule has 0 aliphatic heterocycles. The zero-order chi connectivity index (χ0) is 8.20. The summed E-state index contributed by atoms with van der Waals surface area (Å²) in [6, 6.07) is 0. The highest BCUT2D eigenvalue weighted by atomic mass is 32.3. The first-order valence-corrected chi connectivity index (χ1v) is 4.39. The van der Waals surface area contributed by atoms with E-state index in [0.717, 1.165) is 0 Å². The molecule has 0 aromatic rings. The van der Waals surface area contributed by atoms with Crippen LogP contribution in [0.1, 0.15) is 19.8 Å². The molecule has 3 nitrogen and oxygen atoms in total. The number of ketones is 1. The first-order valence-electron chi connectivity index (χ1n) is 2.83. The molecular formula is C5H9FO3S. The molecule has 0 spiro atoms. The molecule has 0 rings (SSSR count). The summed E-state index contributed by atoms with van der Waals surface area (Å²) in [7, 11) is -4.37. The first kappa shape index (κ1) is 9.55. The van der Waals surface area contributed by atoms with Crippen molar-refractivity contribution in [3.05, 3.63) is 0 Å². The molecule has 0 N–H and O–H groups in total. The molecule has 10 heavy (non-hydrogen) atoms. The fourth-order valence-corrected chi connectivity index (χ4v) is 0.983. The summed E-state index contributed by atoms with van der Waals surface area (Å²) in [4.78, 5) is 10.2. The molecule has 0 saturated heterocycles. The Morgan fingerprint density at radius 1 is 1.50 bits per heavy atom. The minimum absolute atomic E-state index is 0.0775. The van der Waals surface area contributed by atoms with Crippen molar-refractivity contribution >= 4 is 16.0 Å². The molecule has 60 valence electrons. The van der Waals surface area contributed by atoms with Crippen LogP contribution in [0.3, 0.4) is 0 Å². The smallest absolute Gasteiger partial charge is 0.300 e. The third-order valence-electron chi connectivity index (χ3n) is 0.917. The largest absolute Gasteiger partial charge is 0.302 e. The van der Waals surface area contributed by atoms with Crippen LogP contribution in [0.25, 0.3) is 0 Å². The van der Waals surface area contributed by atoms with Gasteiger partial charge in [-0.2, -0.15) is 8.42 Å². The van der Waals surface area contributed by atoms with Crippen LogP contribution in [0.15, 0.2) is 0 Å². The summed E-state index contributed by atoms with van der Waals surface area (Å²) in [5, 5.41) is 0. The molecule has 0 heterocycles. The lowest BCUT2D eigenvalue weighted by Gasteiger charge is -1.91. The second-order valence-electron chi connectivity index (χ2n) is 2.05. The first-order chi connectivity index (χ1) is 4.42. The van der Waals surface area contributed by atoms with Gasteiger partial charge >= 0.3 is 10.2 Å². The van der Waals surface area contributed by atoms with Gasteiger partial charge in [-0.25, -0.2) is 0 Å². The number of Topliss-reactive ketones (excluding diaryl/α,β-unsaturated/α-hetero) is 1. The van der Waals surface area contributed by atoms with Gasteiger partial charge in [0.15, 0.2) is 0 Å². The second-order valence-corrected chi connectivity index (χ2v) is 3.53. The Labute approximate surface area is 59.4 Å². The molecule has 0 aromatic carbocycles. The van der Waals surface area contributed by atoms with E-state index in [1.807, 2.05) is 0 Å². The summed E-state index contributed by atoms with van der Waals surface area (Å²) in [5.41, 5.74) is 0. The topological polar surface area (TPSA) is 51.2 Å². The van der Waals surface area contributed by atoms with Gasteiger partial charge in [-0.15, -0.1) is 3.89 Å². The second kappa shape index (κ2) is 3.65. The van der Waals surface area contributed by atoms with Crippen LogP contribution in [-0.2, 0) is 15.0 Å². The van der Waals surface area contributed by atoms with E-state index in [1.165, 1.54) is 6.92 Å². The van der Waals surface area contributed by atoms with E-state index in [4.69, 9.17) is 0 Å². The van der Waals surface area contributed by atoms with Gasteiger partial charge in [0.1, 0.15) is 5.78 Å². The standard InChI is InChI=1S/C5H9FO3S/c1-5(7)3-2-4-10(6,8)9/h2-4H2,1H3. The van der Waals surface area contributed by atoms with Crippen LogP contribution >= 0.6 is 0 Å². The van der Waals surface area contributed by atoms with E-state index in [0.29, 0.717) is 0 Å². The van der Waals surface area contributed by atoms with Gasteiger partial charge in [0.05, 0.1) is 5.75 Å². The molecule has 0 saturated carbocycles. The molecule has 0 aromatic heterocycles. The number of carbonyl (C=O) groups is 1. The van der Waals surface area contributed by atoms with Crippen molar-refractivity contribution < 1.29 is 17.1 Å². The monoisotopic (exact) mass is 168 g/mol. The molecule has 0 radical (unpaired) electrons. The molecule has 0 aliphatic rings. The Hall–Kier alpha value is -0.450. The Morgan fingerprint density at radius 2 is 2.00 bits per heavy atom. The van der Waals surface area contributed by atoms with Crippen molar-refractivity contribution in [2.75, 3.05) is 5.75 Å². The quantitative estimate of drug-likeness (QED) is 0.579. The maximum atomic E-state index is 11.7. The molecule has 0 unspecified atom stereocenters. The Morgan fingerprint density at radius 3 is 2.30 bits per heavy atom. The van der Waals surface area contributed by atoms with Crippen LogP contribution in [0.4, 0.5) is 3.89 Å². The predicted molar refractivity (Wildman–Crippen MR) is 34.8 cm³/mol. The highest BCUT2D eigenvalue weighted by Crippen LogP contribution is 1.97. The van der Waals surface area contributed by atoms with Crippen LogP contribution in [0.5, 0.6) is 0 Å². The lowest BCUT2D eigenvalue weighted by molar-refractivity contribution is -0.117. The predicted octanol–water partition coefficient (Wildman–Crippen LogP) is 0.655. The van der Waals surface area contributed by atoms with Gasteiger partial charge in [-0.3, -0.25) is 0 Å². The summed E-state index contributed by atoms with van der Waals surface area (Å²) < 4.78 is 31.4. The highest BCUT2D eigenvalue weighted by Gasteiger charge is 2.06.